The number of rotatable bonds is 4. The van der Waals surface area contributed by atoms with Crippen molar-refractivity contribution in [3.8, 4) is 0 Å². The molecule has 4 heteroatoms. The van der Waals surface area contributed by atoms with E-state index in [1.165, 1.54) is 5.56 Å². The van der Waals surface area contributed by atoms with E-state index >= 15 is 0 Å². The van der Waals surface area contributed by atoms with Crippen LogP contribution < -0.4 is 5.32 Å². The number of nitrogens with zero attached hydrogens (tertiary/aromatic N) is 2. The molecule has 0 fully saturated rings. The van der Waals surface area contributed by atoms with Gasteiger partial charge < -0.3 is 5.32 Å². The van der Waals surface area contributed by atoms with Gasteiger partial charge in [0, 0.05) is 36.4 Å². The van der Waals surface area contributed by atoms with Gasteiger partial charge in [-0.2, -0.15) is 5.10 Å². The summed E-state index contributed by atoms with van der Waals surface area (Å²) in [5.74, 6) is 0. The van der Waals surface area contributed by atoms with Crippen LogP contribution >= 0.6 is 11.6 Å². The van der Waals surface area contributed by atoms with Gasteiger partial charge in [-0.3, -0.25) is 4.68 Å². The van der Waals surface area contributed by atoms with E-state index < -0.39 is 0 Å². The predicted octanol–water partition coefficient (Wildman–Crippen LogP) is 2.92. The first-order chi connectivity index (χ1) is 8.16. The highest BCUT2D eigenvalue weighted by molar-refractivity contribution is 6.31. The Morgan fingerprint density at radius 1 is 1.41 bits per heavy atom. The van der Waals surface area contributed by atoms with Gasteiger partial charge in [0.2, 0.25) is 0 Å². The summed E-state index contributed by atoms with van der Waals surface area (Å²) >= 11 is 6.15. The minimum Gasteiger partial charge on any atom is -0.306 e. The minimum absolute atomic E-state index is 0.226. The van der Waals surface area contributed by atoms with Gasteiger partial charge in [0.1, 0.15) is 0 Å². The average Bonchev–Trinajstić information content (AvgIpc) is 2.73. The zero-order valence-corrected chi connectivity index (χ0v) is 10.8. The lowest BCUT2D eigenvalue weighted by Crippen LogP contribution is -2.18. The van der Waals surface area contributed by atoms with Crippen molar-refractivity contribution in [1.29, 1.82) is 0 Å². The van der Waals surface area contributed by atoms with Crippen molar-refractivity contribution < 1.29 is 0 Å². The Labute approximate surface area is 106 Å². The SMILES string of the molecule is CC(NCc1cnn(C)c1)c1ccccc1Cl. The Kier molecular flexibility index (Phi) is 3.82. The molecule has 0 aliphatic rings. The fourth-order valence-corrected chi connectivity index (χ4v) is 2.07. The van der Waals surface area contributed by atoms with E-state index in [-0.39, 0.29) is 6.04 Å². The Hall–Kier alpha value is -1.32. The van der Waals surface area contributed by atoms with Gasteiger partial charge in [0.15, 0.2) is 0 Å². The first kappa shape index (κ1) is 12.1. The molecule has 1 unspecified atom stereocenters. The highest BCUT2D eigenvalue weighted by Crippen LogP contribution is 2.22. The molecule has 0 bridgehead atoms. The molecule has 1 heterocycles. The number of nitrogens with one attached hydrogen (secondary N) is 1. The van der Waals surface area contributed by atoms with Gasteiger partial charge in [0.05, 0.1) is 6.20 Å². The van der Waals surface area contributed by atoms with E-state index in [0.29, 0.717) is 0 Å². The van der Waals surface area contributed by atoms with Gasteiger partial charge in [-0.15, -0.1) is 0 Å². The average molecular weight is 250 g/mol. The van der Waals surface area contributed by atoms with E-state index in [4.69, 9.17) is 11.6 Å². The largest absolute Gasteiger partial charge is 0.306 e. The van der Waals surface area contributed by atoms with E-state index in [1.54, 1.807) is 4.68 Å². The molecule has 1 atom stereocenters. The molecule has 90 valence electrons. The third-order valence-electron chi connectivity index (χ3n) is 2.74. The third kappa shape index (κ3) is 3.08. The maximum atomic E-state index is 6.15. The minimum atomic E-state index is 0.226. The van der Waals surface area contributed by atoms with Gasteiger partial charge in [-0.1, -0.05) is 29.8 Å². The predicted molar refractivity (Wildman–Crippen MR) is 69.9 cm³/mol. The van der Waals surface area contributed by atoms with Crippen molar-refractivity contribution in [3.05, 3.63) is 52.8 Å². The van der Waals surface area contributed by atoms with Crippen LogP contribution in [0.4, 0.5) is 0 Å². The summed E-state index contributed by atoms with van der Waals surface area (Å²) in [5.41, 5.74) is 2.30. The number of hydrogen-bond donors (Lipinski definition) is 1. The third-order valence-corrected chi connectivity index (χ3v) is 3.09. The molecule has 17 heavy (non-hydrogen) atoms. The Bertz CT molecular complexity index is 493. The Morgan fingerprint density at radius 3 is 2.82 bits per heavy atom. The van der Waals surface area contributed by atoms with Gasteiger partial charge >= 0.3 is 0 Å². The lowest BCUT2D eigenvalue weighted by molar-refractivity contribution is 0.574. The van der Waals surface area contributed by atoms with Crippen LogP contribution in [0.25, 0.3) is 0 Å². The Morgan fingerprint density at radius 2 is 2.18 bits per heavy atom. The van der Waals surface area contributed by atoms with Gasteiger partial charge in [-0.25, -0.2) is 0 Å². The topological polar surface area (TPSA) is 29.9 Å². The summed E-state index contributed by atoms with van der Waals surface area (Å²) in [4.78, 5) is 0. The van der Waals surface area contributed by atoms with Crippen molar-refractivity contribution in [2.75, 3.05) is 0 Å². The molecule has 0 saturated heterocycles. The molecule has 3 nitrogen and oxygen atoms in total. The van der Waals surface area contributed by atoms with Crippen molar-refractivity contribution in [1.82, 2.24) is 15.1 Å². The van der Waals surface area contributed by atoms with Gasteiger partial charge in [0.25, 0.3) is 0 Å². The standard InChI is InChI=1S/C13H16ClN3/c1-10(12-5-3-4-6-13(12)14)15-7-11-8-16-17(2)9-11/h3-6,8-10,15H,7H2,1-2H3. The lowest BCUT2D eigenvalue weighted by atomic mass is 10.1. The molecule has 0 saturated carbocycles. The summed E-state index contributed by atoms with van der Waals surface area (Å²) in [5, 5.41) is 8.37. The molecule has 0 aliphatic heterocycles. The van der Waals surface area contributed by atoms with Gasteiger partial charge in [-0.05, 0) is 18.6 Å². The number of halogens is 1. The van der Waals surface area contributed by atoms with Crippen molar-refractivity contribution in [2.24, 2.45) is 7.05 Å². The maximum absolute atomic E-state index is 6.15. The van der Waals surface area contributed by atoms with Crippen LogP contribution in [0.1, 0.15) is 24.1 Å². The summed E-state index contributed by atoms with van der Waals surface area (Å²) in [6.45, 7) is 2.90. The van der Waals surface area contributed by atoms with Crippen molar-refractivity contribution in [3.63, 3.8) is 0 Å². The highest BCUT2D eigenvalue weighted by Gasteiger charge is 2.08. The number of aryl methyl sites for hydroxylation is 1. The van der Waals surface area contributed by atoms with Crippen LogP contribution in [0.5, 0.6) is 0 Å². The van der Waals surface area contributed by atoms with Crippen molar-refractivity contribution >= 4 is 11.6 Å². The quantitative estimate of drug-likeness (QED) is 0.903. The second-order valence-electron chi connectivity index (χ2n) is 4.15. The highest BCUT2D eigenvalue weighted by atomic mass is 35.5. The molecule has 2 rings (SSSR count). The van der Waals surface area contributed by atoms with E-state index in [1.807, 2.05) is 43.7 Å². The first-order valence-electron chi connectivity index (χ1n) is 5.62. The van der Waals surface area contributed by atoms with Crippen LogP contribution in [-0.4, -0.2) is 9.78 Å². The molecule has 1 aromatic heterocycles. The van der Waals surface area contributed by atoms with E-state index in [0.717, 1.165) is 17.1 Å². The monoisotopic (exact) mass is 249 g/mol. The second kappa shape index (κ2) is 5.34. The van der Waals surface area contributed by atoms with Crippen LogP contribution in [-0.2, 0) is 13.6 Å². The summed E-state index contributed by atoms with van der Waals surface area (Å²) < 4.78 is 1.80. The summed E-state index contributed by atoms with van der Waals surface area (Å²) in [6.07, 6.45) is 3.87. The second-order valence-corrected chi connectivity index (χ2v) is 4.55. The lowest BCUT2D eigenvalue weighted by Gasteiger charge is -2.14. The molecular formula is C13H16ClN3. The molecule has 1 aromatic carbocycles. The molecule has 1 N–H and O–H groups in total. The smallest absolute Gasteiger partial charge is 0.0534 e. The first-order valence-corrected chi connectivity index (χ1v) is 6.00. The number of benzene rings is 1. The zero-order valence-electron chi connectivity index (χ0n) is 10.0. The molecule has 0 spiro atoms. The van der Waals surface area contributed by atoms with Crippen molar-refractivity contribution in [2.45, 2.75) is 19.5 Å². The summed E-state index contributed by atoms with van der Waals surface area (Å²) in [6, 6.07) is 8.13. The molecule has 2 aromatic rings. The summed E-state index contributed by atoms with van der Waals surface area (Å²) in [7, 11) is 1.92. The maximum Gasteiger partial charge on any atom is 0.0534 e. The Balaban J connectivity index is 1.98. The molecule has 0 amide bonds. The zero-order chi connectivity index (χ0) is 12.3. The van der Waals surface area contributed by atoms with Crippen LogP contribution in [0.3, 0.4) is 0 Å². The number of hydrogen-bond acceptors (Lipinski definition) is 2. The number of aromatic nitrogens is 2. The molecular weight excluding hydrogens is 234 g/mol. The van der Waals surface area contributed by atoms with Crippen LogP contribution in [0, 0.1) is 0 Å². The fourth-order valence-electron chi connectivity index (χ4n) is 1.77. The van der Waals surface area contributed by atoms with Crippen LogP contribution in [0.15, 0.2) is 36.7 Å². The molecule has 0 aliphatic carbocycles. The van der Waals surface area contributed by atoms with Crippen LogP contribution in [0.2, 0.25) is 5.02 Å². The molecule has 0 radical (unpaired) electrons. The van der Waals surface area contributed by atoms with E-state index in [2.05, 4.69) is 17.3 Å². The normalized spacial score (nSPS) is 12.6. The van der Waals surface area contributed by atoms with E-state index in [9.17, 15) is 0 Å². The fraction of sp³-hybridized carbons (Fsp3) is 0.308.